The largest absolute Gasteiger partial charge is 0.383 e. The highest BCUT2D eigenvalue weighted by atomic mass is 16.5. The summed E-state index contributed by atoms with van der Waals surface area (Å²) in [5, 5.41) is 5.79. The summed E-state index contributed by atoms with van der Waals surface area (Å²) in [5.74, 6) is 0.642. The van der Waals surface area contributed by atoms with Crippen LogP contribution in [0.5, 0.6) is 0 Å². The van der Waals surface area contributed by atoms with Crippen LogP contribution in [0.3, 0.4) is 0 Å². The molecule has 0 fully saturated rings. The third-order valence-electron chi connectivity index (χ3n) is 1.98. The van der Waals surface area contributed by atoms with Gasteiger partial charge in [0.05, 0.1) is 12.2 Å². The Morgan fingerprint density at radius 3 is 2.88 bits per heavy atom. The van der Waals surface area contributed by atoms with Crippen LogP contribution in [-0.4, -0.2) is 37.7 Å². The van der Waals surface area contributed by atoms with Crippen LogP contribution >= 0.6 is 0 Å². The lowest BCUT2D eigenvalue weighted by Gasteiger charge is -2.05. The maximum atomic E-state index is 11.6. The van der Waals surface area contributed by atoms with Crippen LogP contribution in [0.15, 0.2) is 18.3 Å². The number of anilines is 1. The van der Waals surface area contributed by atoms with Crippen LogP contribution in [0, 0.1) is 0 Å². The lowest BCUT2D eigenvalue weighted by atomic mass is 10.2. The molecule has 1 amide bonds. The molecule has 1 rings (SSSR count). The van der Waals surface area contributed by atoms with Crippen LogP contribution in [0.25, 0.3) is 0 Å². The van der Waals surface area contributed by atoms with Gasteiger partial charge >= 0.3 is 0 Å². The number of nitrogens with zero attached hydrogens (tertiary/aromatic N) is 1. The van der Waals surface area contributed by atoms with Crippen LogP contribution in [0.1, 0.15) is 17.3 Å². The number of aromatic nitrogens is 1. The normalized spacial score (nSPS) is 9.88. The van der Waals surface area contributed by atoms with E-state index < -0.39 is 0 Å². The lowest BCUT2D eigenvalue weighted by Crippen LogP contribution is -2.27. The van der Waals surface area contributed by atoms with E-state index in [9.17, 15) is 4.79 Å². The summed E-state index contributed by atoms with van der Waals surface area (Å²) in [6.07, 6.45) is 1.56. The Hall–Kier alpha value is -1.62. The van der Waals surface area contributed by atoms with Gasteiger partial charge in [-0.25, -0.2) is 4.98 Å². The van der Waals surface area contributed by atoms with Gasteiger partial charge in [0, 0.05) is 26.4 Å². The van der Waals surface area contributed by atoms with Crippen molar-refractivity contribution < 1.29 is 9.53 Å². The van der Waals surface area contributed by atoms with E-state index in [0.717, 1.165) is 12.4 Å². The third-order valence-corrected chi connectivity index (χ3v) is 1.98. The first-order valence-electron chi connectivity index (χ1n) is 5.25. The molecule has 0 aliphatic carbocycles. The Morgan fingerprint density at radius 2 is 2.31 bits per heavy atom. The number of rotatable bonds is 6. The second-order valence-electron chi connectivity index (χ2n) is 3.21. The van der Waals surface area contributed by atoms with Crippen LogP contribution in [0.4, 0.5) is 5.82 Å². The zero-order valence-electron chi connectivity index (χ0n) is 9.62. The molecule has 0 saturated carbocycles. The highest BCUT2D eigenvalue weighted by molar-refractivity contribution is 5.94. The lowest BCUT2D eigenvalue weighted by molar-refractivity contribution is 0.0937. The van der Waals surface area contributed by atoms with E-state index in [1.165, 1.54) is 0 Å². The summed E-state index contributed by atoms with van der Waals surface area (Å²) in [4.78, 5) is 15.7. The second-order valence-corrected chi connectivity index (χ2v) is 3.21. The highest BCUT2D eigenvalue weighted by Crippen LogP contribution is 2.04. The SMILES string of the molecule is CCNc1ccc(C(=O)NCCOC)cn1. The average Bonchev–Trinajstić information content (AvgIpc) is 2.30. The van der Waals surface area contributed by atoms with Crippen molar-refractivity contribution in [2.75, 3.05) is 32.1 Å². The number of ether oxygens (including phenoxy) is 1. The Labute approximate surface area is 95.2 Å². The molecule has 1 aromatic rings. The molecule has 0 radical (unpaired) electrons. The van der Waals surface area contributed by atoms with E-state index >= 15 is 0 Å². The van der Waals surface area contributed by atoms with Crippen molar-refractivity contribution in [2.24, 2.45) is 0 Å². The first kappa shape index (κ1) is 12.4. The van der Waals surface area contributed by atoms with Gasteiger partial charge in [-0.2, -0.15) is 0 Å². The predicted octanol–water partition coefficient (Wildman–Crippen LogP) is 0.890. The molecule has 1 aromatic heterocycles. The van der Waals surface area contributed by atoms with E-state index in [0.29, 0.717) is 18.7 Å². The minimum Gasteiger partial charge on any atom is -0.383 e. The maximum absolute atomic E-state index is 11.6. The minimum absolute atomic E-state index is 0.132. The molecule has 88 valence electrons. The molecule has 0 aliphatic heterocycles. The summed E-state index contributed by atoms with van der Waals surface area (Å²) < 4.78 is 4.84. The summed E-state index contributed by atoms with van der Waals surface area (Å²) in [7, 11) is 1.60. The fraction of sp³-hybridized carbons (Fsp3) is 0.455. The number of carbonyl (C=O) groups excluding carboxylic acids is 1. The molecule has 0 aromatic carbocycles. The van der Waals surface area contributed by atoms with Crippen molar-refractivity contribution in [3.05, 3.63) is 23.9 Å². The number of pyridine rings is 1. The Kier molecular flexibility index (Phi) is 5.28. The first-order valence-corrected chi connectivity index (χ1v) is 5.25. The molecule has 0 aliphatic rings. The number of methoxy groups -OCH3 is 1. The molecule has 0 saturated heterocycles. The Balaban J connectivity index is 2.49. The molecule has 16 heavy (non-hydrogen) atoms. The van der Waals surface area contributed by atoms with Crippen LogP contribution in [-0.2, 0) is 4.74 Å². The van der Waals surface area contributed by atoms with Crippen molar-refractivity contribution in [1.82, 2.24) is 10.3 Å². The molecular weight excluding hydrogens is 206 g/mol. The van der Waals surface area contributed by atoms with Crippen LogP contribution in [0.2, 0.25) is 0 Å². The van der Waals surface area contributed by atoms with Gasteiger partial charge in [0.15, 0.2) is 0 Å². The number of carbonyl (C=O) groups is 1. The minimum atomic E-state index is -0.132. The van der Waals surface area contributed by atoms with Gasteiger partial charge in [-0.05, 0) is 19.1 Å². The summed E-state index contributed by atoms with van der Waals surface area (Å²) in [6.45, 7) is 3.82. The average molecular weight is 223 g/mol. The van der Waals surface area contributed by atoms with Gasteiger partial charge in [0.2, 0.25) is 0 Å². The van der Waals surface area contributed by atoms with Gasteiger partial charge < -0.3 is 15.4 Å². The highest BCUT2D eigenvalue weighted by Gasteiger charge is 2.04. The zero-order valence-corrected chi connectivity index (χ0v) is 9.62. The summed E-state index contributed by atoms with van der Waals surface area (Å²) in [5.41, 5.74) is 0.553. The smallest absolute Gasteiger partial charge is 0.252 e. The number of hydrogen-bond acceptors (Lipinski definition) is 4. The fourth-order valence-electron chi connectivity index (χ4n) is 1.18. The standard InChI is InChI=1S/C11H17N3O2/c1-3-12-10-5-4-9(8-14-10)11(15)13-6-7-16-2/h4-5,8H,3,6-7H2,1-2H3,(H,12,14)(H,13,15). The molecule has 0 bridgehead atoms. The van der Waals surface area contributed by atoms with Crippen molar-refractivity contribution in [3.8, 4) is 0 Å². The molecule has 5 heteroatoms. The van der Waals surface area contributed by atoms with E-state index in [2.05, 4.69) is 15.6 Å². The van der Waals surface area contributed by atoms with Gasteiger partial charge in [0.1, 0.15) is 5.82 Å². The molecule has 5 nitrogen and oxygen atoms in total. The summed E-state index contributed by atoms with van der Waals surface area (Å²) >= 11 is 0. The number of amides is 1. The topological polar surface area (TPSA) is 63.2 Å². The second kappa shape index (κ2) is 6.79. The van der Waals surface area contributed by atoms with Gasteiger partial charge in [-0.3, -0.25) is 4.79 Å². The maximum Gasteiger partial charge on any atom is 0.252 e. The van der Waals surface area contributed by atoms with E-state index in [-0.39, 0.29) is 5.91 Å². The zero-order chi connectivity index (χ0) is 11.8. The Morgan fingerprint density at radius 1 is 1.50 bits per heavy atom. The number of hydrogen-bond donors (Lipinski definition) is 2. The monoisotopic (exact) mass is 223 g/mol. The van der Waals surface area contributed by atoms with Crippen molar-refractivity contribution in [2.45, 2.75) is 6.92 Å². The predicted molar refractivity (Wildman–Crippen MR) is 62.6 cm³/mol. The fourth-order valence-corrected chi connectivity index (χ4v) is 1.18. The number of nitrogens with one attached hydrogen (secondary N) is 2. The van der Waals surface area contributed by atoms with E-state index in [1.54, 1.807) is 25.4 Å². The molecule has 0 spiro atoms. The van der Waals surface area contributed by atoms with Crippen molar-refractivity contribution in [1.29, 1.82) is 0 Å². The quantitative estimate of drug-likeness (QED) is 0.703. The molecule has 0 unspecified atom stereocenters. The third kappa shape index (κ3) is 3.86. The molecule has 1 heterocycles. The van der Waals surface area contributed by atoms with Gasteiger partial charge in [0.25, 0.3) is 5.91 Å². The van der Waals surface area contributed by atoms with E-state index in [1.807, 2.05) is 6.92 Å². The summed E-state index contributed by atoms with van der Waals surface area (Å²) in [6, 6.07) is 3.53. The Bertz CT molecular complexity index is 325. The molecule has 2 N–H and O–H groups in total. The van der Waals surface area contributed by atoms with Gasteiger partial charge in [-0.15, -0.1) is 0 Å². The van der Waals surface area contributed by atoms with Crippen molar-refractivity contribution >= 4 is 11.7 Å². The molecular formula is C11H17N3O2. The van der Waals surface area contributed by atoms with E-state index in [4.69, 9.17) is 4.74 Å². The van der Waals surface area contributed by atoms with Crippen LogP contribution < -0.4 is 10.6 Å². The first-order chi connectivity index (χ1) is 7.77. The van der Waals surface area contributed by atoms with Gasteiger partial charge in [-0.1, -0.05) is 0 Å². The molecule has 0 atom stereocenters. The van der Waals surface area contributed by atoms with Crippen molar-refractivity contribution in [3.63, 3.8) is 0 Å².